The predicted octanol–water partition coefficient (Wildman–Crippen LogP) is 5.54. The Morgan fingerprint density at radius 2 is 1.82 bits per heavy atom. The number of aromatic nitrogens is 2. The van der Waals surface area contributed by atoms with Crippen molar-refractivity contribution in [2.24, 2.45) is 0 Å². The standard InChI is InChI=1S/C25H21N3O3S2/c1-17-8-5-6-12-21(17)28-22(29)14-23-27-18(16-32-23)15-31-25(30)20-11-7-13-26-24(20)33-19-9-3-2-4-10-19/h2-13,16H,14-15H2,1H3,(H,28,29). The maximum absolute atomic E-state index is 12.7. The van der Waals surface area contributed by atoms with Crippen molar-refractivity contribution in [3.8, 4) is 0 Å². The van der Waals surface area contributed by atoms with E-state index in [1.807, 2.05) is 61.5 Å². The third-order valence-corrected chi connectivity index (χ3v) is 6.55. The van der Waals surface area contributed by atoms with Crippen LogP contribution in [0.5, 0.6) is 0 Å². The molecule has 0 aliphatic heterocycles. The molecule has 0 unspecified atom stereocenters. The number of esters is 1. The molecular weight excluding hydrogens is 454 g/mol. The van der Waals surface area contributed by atoms with Gasteiger partial charge in [0, 0.05) is 22.2 Å². The Labute approximate surface area is 200 Å². The van der Waals surface area contributed by atoms with E-state index in [-0.39, 0.29) is 18.9 Å². The molecule has 0 bridgehead atoms. The molecule has 4 aromatic rings. The Kier molecular flexibility index (Phi) is 7.49. The maximum Gasteiger partial charge on any atom is 0.341 e. The van der Waals surface area contributed by atoms with Gasteiger partial charge in [-0.2, -0.15) is 0 Å². The van der Waals surface area contributed by atoms with Gasteiger partial charge in [-0.25, -0.2) is 14.8 Å². The van der Waals surface area contributed by atoms with Crippen LogP contribution in [0.1, 0.15) is 26.6 Å². The molecule has 166 valence electrons. The average Bonchev–Trinajstić information content (AvgIpc) is 3.27. The molecule has 0 spiro atoms. The Bertz CT molecular complexity index is 1260. The summed E-state index contributed by atoms with van der Waals surface area (Å²) in [6, 6.07) is 20.7. The predicted molar refractivity (Wildman–Crippen MR) is 130 cm³/mol. The van der Waals surface area contributed by atoms with Gasteiger partial charge in [0.2, 0.25) is 5.91 Å². The van der Waals surface area contributed by atoms with Gasteiger partial charge in [-0.15, -0.1) is 11.3 Å². The fourth-order valence-corrected chi connectivity index (χ4v) is 4.65. The van der Waals surface area contributed by atoms with Gasteiger partial charge < -0.3 is 10.1 Å². The summed E-state index contributed by atoms with van der Waals surface area (Å²) in [5, 5.41) is 5.94. The number of anilines is 1. The number of aryl methyl sites for hydroxylation is 1. The van der Waals surface area contributed by atoms with E-state index in [1.165, 1.54) is 23.1 Å². The average molecular weight is 476 g/mol. The number of thiazole rings is 1. The highest BCUT2D eigenvalue weighted by Gasteiger charge is 2.16. The zero-order chi connectivity index (χ0) is 23.0. The fraction of sp³-hybridized carbons (Fsp3) is 0.120. The number of hydrogen-bond donors (Lipinski definition) is 1. The summed E-state index contributed by atoms with van der Waals surface area (Å²) >= 11 is 2.77. The van der Waals surface area contributed by atoms with E-state index in [9.17, 15) is 9.59 Å². The number of benzene rings is 2. The number of para-hydroxylation sites is 1. The van der Waals surface area contributed by atoms with Crippen LogP contribution in [0.4, 0.5) is 5.69 Å². The zero-order valence-electron chi connectivity index (χ0n) is 17.9. The monoisotopic (exact) mass is 475 g/mol. The maximum atomic E-state index is 12.7. The van der Waals surface area contributed by atoms with Crippen molar-refractivity contribution in [1.29, 1.82) is 0 Å². The molecule has 2 aromatic heterocycles. The van der Waals surface area contributed by atoms with Gasteiger partial charge in [0.05, 0.1) is 17.7 Å². The van der Waals surface area contributed by atoms with E-state index in [2.05, 4.69) is 15.3 Å². The van der Waals surface area contributed by atoms with Gasteiger partial charge >= 0.3 is 5.97 Å². The summed E-state index contributed by atoms with van der Waals surface area (Å²) in [5.41, 5.74) is 2.79. The van der Waals surface area contributed by atoms with Gasteiger partial charge in [-0.3, -0.25) is 4.79 Å². The van der Waals surface area contributed by atoms with Crippen LogP contribution in [-0.2, 0) is 22.6 Å². The number of nitrogens with one attached hydrogen (secondary N) is 1. The van der Waals surface area contributed by atoms with E-state index >= 15 is 0 Å². The lowest BCUT2D eigenvalue weighted by Crippen LogP contribution is -2.15. The van der Waals surface area contributed by atoms with Gasteiger partial charge in [-0.1, -0.05) is 48.2 Å². The minimum atomic E-state index is -0.464. The first-order chi connectivity index (χ1) is 16.1. The van der Waals surface area contributed by atoms with E-state index in [0.29, 0.717) is 21.3 Å². The molecule has 6 nitrogen and oxygen atoms in total. The van der Waals surface area contributed by atoms with Crippen LogP contribution in [0.15, 0.2) is 88.2 Å². The van der Waals surface area contributed by atoms with Crippen LogP contribution in [0.25, 0.3) is 0 Å². The zero-order valence-corrected chi connectivity index (χ0v) is 19.5. The highest BCUT2D eigenvalue weighted by atomic mass is 32.2. The number of amides is 1. The summed E-state index contributed by atoms with van der Waals surface area (Å²) in [7, 11) is 0. The second kappa shape index (κ2) is 10.9. The Morgan fingerprint density at radius 3 is 2.64 bits per heavy atom. The smallest absolute Gasteiger partial charge is 0.341 e. The van der Waals surface area contributed by atoms with Crippen molar-refractivity contribution in [2.75, 3.05) is 5.32 Å². The van der Waals surface area contributed by atoms with Gasteiger partial charge in [0.15, 0.2) is 0 Å². The van der Waals surface area contributed by atoms with Crippen LogP contribution in [0.2, 0.25) is 0 Å². The molecule has 0 saturated carbocycles. The van der Waals surface area contributed by atoms with Crippen molar-refractivity contribution < 1.29 is 14.3 Å². The number of carbonyl (C=O) groups excluding carboxylic acids is 2. The lowest BCUT2D eigenvalue weighted by molar-refractivity contribution is -0.115. The third kappa shape index (κ3) is 6.27. The quantitative estimate of drug-likeness (QED) is 0.337. The molecule has 4 rings (SSSR count). The number of rotatable bonds is 8. The molecule has 2 heterocycles. The van der Waals surface area contributed by atoms with Gasteiger partial charge in [-0.05, 0) is 42.8 Å². The highest BCUT2D eigenvalue weighted by molar-refractivity contribution is 7.99. The minimum Gasteiger partial charge on any atom is -0.455 e. The summed E-state index contributed by atoms with van der Waals surface area (Å²) in [5.74, 6) is -0.603. The topological polar surface area (TPSA) is 81.2 Å². The van der Waals surface area contributed by atoms with Crippen LogP contribution in [0, 0.1) is 6.92 Å². The first-order valence-electron chi connectivity index (χ1n) is 10.2. The fourth-order valence-electron chi connectivity index (χ4n) is 2.99. The second-order valence-electron chi connectivity index (χ2n) is 7.12. The highest BCUT2D eigenvalue weighted by Crippen LogP contribution is 2.29. The van der Waals surface area contributed by atoms with Gasteiger partial charge in [0.25, 0.3) is 0 Å². The van der Waals surface area contributed by atoms with Crippen molar-refractivity contribution in [3.63, 3.8) is 0 Å². The molecule has 33 heavy (non-hydrogen) atoms. The Balaban J connectivity index is 1.34. The lowest BCUT2D eigenvalue weighted by atomic mass is 10.2. The Hall–Kier alpha value is -3.49. The number of hydrogen-bond acceptors (Lipinski definition) is 7. The summed E-state index contributed by atoms with van der Waals surface area (Å²) in [6.07, 6.45) is 1.81. The second-order valence-corrected chi connectivity index (χ2v) is 9.12. The van der Waals surface area contributed by atoms with Crippen LogP contribution < -0.4 is 5.32 Å². The number of pyridine rings is 1. The Morgan fingerprint density at radius 1 is 1.03 bits per heavy atom. The molecule has 0 saturated heterocycles. The normalized spacial score (nSPS) is 10.6. The number of nitrogens with zero attached hydrogens (tertiary/aromatic N) is 2. The summed E-state index contributed by atoms with van der Waals surface area (Å²) in [4.78, 5) is 34.8. The van der Waals surface area contributed by atoms with E-state index < -0.39 is 5.97 Å². The van der Waals surface area contributed by atoms with Crippen molar-refractivity contribution in [1.82, 2.24) is 9.97 Å². The molecule has 0 aliphatic rings. The molecule has 1 amide bonds. The van der Waals surface area contributed by atoms with E-state index in [1.54, 1.807) is 23.7 Å². The lowest BCUT2D eigenvalue weighted by Gasteiger charge is -2.08. The van der Waals surface area contributed by atoms with E-state index in [4.69, 9.17) is 4.74 Å². The van der Waals surface area contributed by atoms with Crippen molar-refractivity contribution in [2.45, 2.75) is 29.9 Å². The number of ether oxygens (including phenoxy) is 1. The number of carbonyl (C=O) groups is 2. The molecule has 0 radical (unpaired) electrons. The largest absolute Gasteiger partial charge is 0.455 e. The van der Waals surface area contributed by atoms with Crippen LogP contribution in [0.3, 0.4) is 0 Å². The van der Waals surface area contributed by atoms with Gasteiger partial charge in [0.1, 0.15) is 16.6 Å². The molecule has 8 heteroatoms. The molecule has 0 fully saturated rings. The summed E-state index contributed by atoms with van der Waals surface area (Å²) < 4.78 is 5.47. The SMILES string of the molecule is Cc1ccccc1NC(=O)Cc1nc(COC(=O)c2cccnc2Sc2ccccc2)cs1. The summed E-state index contributed by atoms with van der Waals surface area (Å²) in [6.45, 7) is 1.97. The molecule has 0 aliphatic carbocycles. The molecule has 2 aromatic carbocycles. The minimum absolute atomic E-state index is 0.0269. The molecular formula is C25H21N3O3S2. The molecule has 0 atom stereocenters. The van der Waals surface area contributed by atoms with Crippen molar-refractivity contribution in [3.05, 3.63) is 100 Å². The third-order valence-electron chi connectivity index (χ3n) is 4.63. The van der Waals surface area contributed by atoms with Crippen molar-refractivity contribution >= 4 is 40.7 Å². The molecule has 1 N–H and O–H groups in total. The first kappa shape index (κ1) is 22.7. The van der Waals surface area contributed by atoms with Crippen LogP contribution in [-0.4, -0.2) is 21.8 Å². The first-order valence-corrected chi connectivity index (χ1v) is 11.9. The van der Waals surface area contributed by atoms with Crippen LogP contribution >= 0.6 is 23.1 Å². The van der Waals surface area contributed by atoms with E-state index in [0.717, 1.165) is 16.1 Å².